The lowest BCUT2D eigenvalue weighted by atomic mass is 9.99. The third-order valence-corrected chi connectivity index (χ3v) is 7.64. The van der Waals surface area contributed by atoms with Crippen molar-refractivity contribution in [1.82, 2.24) is 0 Å². The van der Waals surface area contributed by atoms with Crippen molar-refractivity contribution in [3.05, 3.63) is 42.0 Å². The molecule has 9 nitrogen and oxygen atoms in total. The average molecular weight is 493 g/mol. The molecule has 33 heavy (non-hydrogen) atoms. The Morgan fingerprint density at radius 2 is 2.00 bits per heavy atom. The zero-order valence-electron chi connectivity index (χ0n) is 19.0. The molecule has 11 heteroatoms. The fraction of sp³-hybridized carbons (Fsp3) is 0.409. The van der Waals surface area contributed by atoms with Crippen molar-refractivity contribution in [2.45, 2.75) is 31.1 Å². The Labute approximate surface area is 195 Å². The maximum atomic E-state index is 13.0. The number of nitrogens with zero attached hydrogens (tertiary/aromatic N) is 2. The van der Waals surface area contributed by atoms with Crippen molar-refractivity contribution in [2.75, 3.05) is 41.4 Å². The summed E-state index contributed by atoms with van der Waals surface area (Å²) in [6.07, 6.45) is 2.01. The highest BCUT2D eigenvalue weighted by molar-refractivity contribution is 7.92. The van der Waals surface area contributed by atoms with Crippen molar-refractivity contribution >= 4 is 42.9 Å². The van der Waals surface area contributed by atoms with Gasteiger partial charge in [0.2, 0.25) is 10.0 Å². The van der Waals surface area contributed by atoms with Crippen LogP contribution in [0.5, 0.6) is 5.75 Å². The molecule has 1 atom stereocenters. The van der Waals surface area contributed by atoms with Crippen LogP contribution in [0.4, 0.5) is 17.1 Å². The third kappa shape index (κ3) is 4.93. The van der Waals surface area contributed by atoms with Gasteiger partial charge in [-0.2, -0.15) is 8.42 Å². The molecule has 0 saturated heterocycles. The Morgan fingerprint density at radius 3 is 2.67 bits per heavy atom. The predicted octanol–water partition coefficient (Wildman–Crippen LogP) is 3.23. The van der Waals surface area contributed by atoms with Gasteiger partial charge in [-0.1, -0.05) is 19.9 Å². The second-order valence-electron chi connectivity index (χ2n) is 8.77. The summed E-state index contributed by atoms with van der Waals surface area (Å²) in [4.78, 5) is 2.18. The molecule has 2 aromatic rings. The second kappa shape index (κ2) is 8.53. The number of hydrogen-bond acceptors (Lipinski definition) is 7. The number of hydrogen-bond donors (Lipinski definition) is 2. The Hall–Kier alpha value is -2.79. The predicted molar refractivity (Wildman–Crippen MR) is 131 cm³/mol. The highest BCUT2D eigenvalue weighted by Gasteiger charge is 2.36. The van der Waals surface area contributed by atoms with Crippen molar-refractivity contribution in [3.8, 4) is 5.75 Å². The first-order chi connectivity index (χ1) is 15.5. The molecule has 2 aromatic carbocycles. The van der Waals surface area contributed by atoms with Crippen LogP contribution >= 0.6 is 0 Å². The van der Waals surface area contributed by atoms with Gasteiger partial charge in [-0.3, -0.25) is 4.72 Å². The lowest BCUT2D eigenvalue weighted by molar-refractivity contribution is 0.415. The highest BCUT2D eigenvalue weighted by Crippen LogP contribution is 2.42. The minimum absolute atomic E-state index is 0.0653. The fourth-order valence-corrected chi connectivity index (χ4v) is 5.86. The van der Waals surface area contributed by atoms with Crippen LogP contribution in [0, 0.1) is 5.92 Å². The van der Waals surface area contributed by atoms with Gasteiger partial charge < -0.3 is 15.0 Å². The van der Waals surface area contributed by atoms with E-state index in [-0.39, 0.29) is 16.5 Å². The molecule has 0 amide bonds. The van der Waals surface area contributed by atoms with Gasteiger partial charge in [-0.05, 0) is 42.2 Å². The SMILES string of the molecule is COc1ccc2c(c1)N(CCC(C)C)CC2C1=NS(=O)(=O)c2cc(NS(C)(=O)=O)ccc2N1. The molecule has 0 radical (unpaired) electrons. The summed E-state index contributed by atoms with van der Waals surface area (Å²) in [6, 6.07) is 10.2. The molecule has 0 fully saturated rings. The van der Waals surface area contributed by atoms with Crippen molar-refractivity contribution in [1.29, 1.82) is 0 Å². The quantitative estimate of drug-likeness (QED) is 0.609. The number of nitrogens with one attached hydrogen (secondary N) is 2. The van der Waals surface area contributed by atoms with E-state index in [1.165, 1.54) is 12.1 Å². The Bertz CT molecular complexity index is 1320. The summed E-state index contributed by atoms with van der Waals surface area (Å²) in [5.74, 6) is 1.37. The van der Waals surface area contributed by atoms with Crippen molar-refractivity contribution in [2.24, 2.45) is 10.3 Å². The number of benzene rings is 2. The minimum Gasteiger partial charge on any atom is -0.497 e. The third-order valence-electron chi connectivity index (χ3n) is 5.71. The van der Waals surface area contributed by atoms with Crippen LogP contribution in [0.25, 0.3) is 0 Å². The summed E-state index contributed by atoms with van der Waals surface area (Å²) in [5, 5.41) is 3.18. The van der Waals surface area contributed by atoms with Gasteiger partial charge in [0.05, 0.1) is 25.0 Å². The van der Waals surface area contributed by atoms with Gasteiger partial charge in [0.1, 0.15) is 16.5 Å². The van der Waals surface area contributed by atoms with Gasteiger partial charge in [0, 0.05) is 30.5 Å². The Kier molecular flexibility index (Phi) is 6.04. The lowest BCUT2D eigenvalue weighted by Gasteiger charge is -2.24. The van der Waals surface area contributed by atoms with Gasteiger partial charge in [0.15, 0.2) is 0 Å². The number of amidine groups is 1. The molecule has 4 rings (SSSR count). The van der Waals surface area contributed by atoms with Gasteiger partial charge >= 0.3 is 0 Å². The van der Waals surface area contributed by atoms with Crippen LogP contribution in [0.1, 0.15) is 31.7 Å². The monoisotopic (exact) mass is 492 g/mol. The van der Waals surface area contributed by atoms with Crippen LogP contribution in [0.3, 0.4) is 0 Å². The molecule has 0 bridgehead atoms. The molecule has 178 valence electrons. The van der Waals surface area contributed by atoms with Crippen LogP contribution in [-0.2, 0) is 20.0 Å². The van der Waals surface area contributed by atoms with Crippen molar-refractivity contribution < 1.29 is 21.6 Å². The molecule has 0 spiro atoms. The first-order valence-electron chi connectivity index (χ1n) is 10.6. The smallest absolute Gasteiger partial charge is 0.286 e. The normalized spacial score (nSPS) is 18.9. The van der Waals surface area contributed by atoms with E-state index in [9.17, 15) is 16.8 Å². The molecule has 0 saturated carbocycles. The summed E-state index contributed by atoms with van der Waals surface area (Å²) in [6.45, 7) is 5.78. The summed E-state index contributed by atoms with van der Waals surface area (Å²) in [7, 11) is -5.94. The van der Waals surface area contributed by atoms with Gasteiger partial charge in [0.25, 0.3) is 10.0 Å². The minimum atomic E-state index is -4.02. The molecule has 2 N–H and O–H groups in total. The summed E-state index contributed by atoms with van der Waals surface area (Å²) in [5.41, 5.74) is 2.54. The van der Waals surface area contributed by atoms with E-state index in [0.717, 1.165) is 36.2 Å². The van der Waals surface area contributed by atoms with Crippen LogP contribution in [0.15, 0.2) is 45.7 Å². The maximum absolute atomic E-state index is 13.0. The number of fused-ring (bicyclic) bond motifs is 2. The van der Waals surface area contributed by atoms with Crippen molar-refractivity contribution in [3.63, 3.8) is 0 Å². The molecule has 2 aliphatic rings. The fourth-order valence-electron chi connectivity index (χ4n) is 4.10. The van der Waals surface area contributed by atoms with Crippen LogP contribution in [-0.4, -0.2) is 49.1 Å². The van der Waals surface area contributed by atoms with Gasteiger partial charge in [-0.25, -0.2) is 8.42 Å². The van der Waals surface area contributed by atoms with E-state index < -0.39 is 20.0 Å². The maximum Gasteiger partial charge on any atom is 0.286 e. The number of anilines is 3. The largest absolute Gasteiger partial charge is 0.497 e. The molecular weight excluding hydrogens is 464 g/mol. The average Bonchev–Trinajstić information content (AvgIpc) is 3.09. The van der Waals surface area contributed by atoms with E-state index in [0.29, 0.717) is 24.0 Å². The zero-order chi connectivity index (χ0) is 24.0. The molecule has 1 unspecified atom stereocenters. The zero-order valence-corrected chi connectivity index (χ0v) is 20.6. The summed E-state index contributed by atoms with van der Waals surface area (Å²) >= 11 is 0. The molecular formula is C22H28N4O5S2. The van der Waals surface area contributed by atoms with E-state index in [4.69, 9.17) is 4.74 Å². The van der Waals surface area contributed by atoms with Crippen LogP contribution in [0.2, 0.25) is 0 Å². The molecule has 0 aliphatic carbocycles. The second-order valence-corrected chi connectivity index (χ2v) is 12.1. The first kappa shape index (κ1) is 23.4. The Balaban J connectivity index is 1.69. The lowest BCUT2D eigenvalue weighted by Crippen LogP contribution is -2.32. The van der Waals surface area contributed by atoms with E-state index in [1.807, 2.05) is 18.2 Å². The number of ether oxygens (including phenoxy) is 1. The number of rotatable bonds is 7. The highest BCUT2D eigenvalue weighted by atomic mass is 32.2. The van der Waals surface area contributed by atoms with Crippen LogP contribution < -0.4 is 19.7 Å². The standard InChI is InChI=1S/C22H28N4O5S2/c1-14(2)9-10-26-13-18(17-7-6-16(31-3)12-20(17)26)22-23-19-8-5-15(24-32(4,27)28)11-21(19)33(29,30)25-22/h5-8,11-12,14,18,24H,9-10,13H2,1-4H3,(H,23,25). The molecule has 0 aromatic heterocycles. The Morgan fingerprint density at radius 1 is 1.24 bits per heavy atom. The number of sulfonamides is 2. The topological polar surface area (TPSA) is 117 Å². The molecule has 2 heterocycles. The number of methoxy groups -OCH3 is 1. The van der Waals surface area contributed by atoms with Gasteiger partial charge in [-0.15, -0.1) is 4.40 Å². The summed E-state index contributed by atoms with van der Waals surface area (Å²) < 4.78 is 60.9. The van der Waals surface area contributed by atoms with E-state index >= 15 is 0 Å². The molecule has 2 aliphatic heterocycles. The van der Waals surface area contributed by atoms with E-state index in [1.54, 1.807) is 13.2 Å². The van der Waals surface area contributed by atoms with E-state index in [2.05, 4.69) is 33.2 Å². The first-order valence-corrected chi connectivity index (χ1v) is 14.0.